The summed E-state index contributed by atoms with van der Waals surface area (Å²) in [6, 6.07) is 16.6. The molecule has 24 heavy (non-hydrogen) atoms. The highest BCUT2D eigenvalue weighted by Crippen LogP contribution is 2.21. The van der Waals surface area contributed by atoms with E-state index in [4.69, 9.17) is 9.15 Å². The lowest BCUT2D eigenvalue weighted by Crippen LogP contribution is -2.37. The monoisotopic (exact) mass is 323 g/mol. The summed E-state index contributed by atoms with van der Waals surface area (Å²) >= 11 is 0. The lowest BCUT2D eigenvalue weighted by atomic mass is 10.2. The smallest absolute Gasteiger partial charge is 0.267 e. The van der Waals surface area contributed by atoms with Gasteiger partial charge in [-0.2, -0.15) is 0 Å². The van der Waals surface area contributed by atoms with Crippen molar-refractivity contribution in [1.82, 2.24) is 10.2 Å². The summed E-state index contributed by atoms with van der Waals surface area (Å²) in [6.07, 6.45) is 0.671. The average molecular weight is 323 g/mol. The van der Waals surface area contributed by atoms with E-state index in [-0.39, 0.29) is 5.91 Å². The number of para-hydroxylation sites is 1. The molecule has 1 amide bonds. The maximum Gasteiger partial charge on any atom is 0.267 e. The van der Waals surface area contributed by atoms with Gasteiger partial charge in [-0.05, 0) is 43.3 Å². The van der Waals surface area contributed by atoms with Gasteiger partial charge in [-0.3, -0.25) is 4.79 Å². The molecular weight excluding hydrogens is 306 g/mol. The van der Waals surface area contributed by atoms with Crippen molar-refractivity contribution in [3.63, 3.8) is 0 Å². The predicted molar refractivity (Wildman–Crippen MR) is 89.7 cm³/mol. The molecule has 1 atom stereocenters. The van der Waals surface area contributed by atoms with Crippen molar-refractivity contribution in [3.05, 3.63) is 61.0 Å². The minimum absolute atomic E-state index is 0.123. The molecule has 6 heteroatoms. The lowest BCUT2D eigenvalue weighted by molar-refractivity contribution is -0.124. The quantitative estimate of drug-likeness (QED) is 0.721. The van der Waals surface area contributed by atoms with Crippen LogP contribution in [0.3, 0.4) is 0 Å². The van der Waals surface area contributed by atoms with E-state index in [9.17, 15) is 4.79 Å². The van der Waals surface area contributed by atoms with Gasteiger partial charge in [0.2, 0.25) is 12.3 Å². The Labute approximate surface area is 139 Å². The van der Waals surface area contributed by atoms with Gasteiger partial charge in [0.15, 0.2) is 6.10 Å². The summed E-state index contributed by atoms with van der Waals surface area (Å²) in [5, 5.41) is 7.49. The van der Waals surface area contributed by atoms with Gasteiger partial charge in [0.05, 0.1) is 0 Å². The van der Waals surface area contributed by atoms with Crippen LogP contribution in [0.25, 0.3) is 11.5 Å². The third-order valence-electron chi connectivity index (χ3n) is 3.60. The minimum Gasteiger partial charge on any atom is -0.481 e. The number of hydrogen-bond donors (Lipinski definition) is 0. The summed E-state index contributed by atoms with van der Waals surface area (Å²) in [7, 11) is 1.73. The molecule has 0 spiro atoms. The van der Waals surface area contributed by atoms with E-state index in [0.717, 1.165) is 11.3 Å². The Balaban J connectivity index is 1.66. The molecule has 3 aromatic rings. The van der Waals surface area contributed by atoms with Crippen LogP contribution in [0.5, 0.6) is 5.75 Å². The fourth-order valence-electron chi connectivity index (χ4n) is 2.28. The molecule has 1 heterocycles. The number of carbonyl (C=O) groups excluding carboxylic acids is 1. The lowest BCUT2D eigenvalue weighted by Gasteiger charge is -2.22. The topological polar surface area (TPSA) is 68.5 Å². The van der Waals surface area contributed by atoms with Crippen molar-refractivity contribution in [3.8, 4) is 17.2 Å². The summed E-state index contributed by atoms with van der Waals surface area (Å²) in [5.74, 6) is 0.914. The Morgan fingerprint density at radius 2 is 1.83 bits per heavy atom. The minimum atomic E-state index is -0.607. The molecular formula is C18H17N3O3. The highest BCUT2D eigenvalue weighted by atomic mass is 16.5. The Hall–Kier alpha value is -3.15. The van der Waals surface area contributed by atoms with Gasteiger partial charge in [-0.25, -0.2) is 0 Å². The number of carbonyl (C=O) groups is 1. The Kier molecular flexibility index (Phi) is 4.56. The van der Waals surface area contributed by atoms with Crippen molar-refractivity contribution in [2.45, 2.75) is 13.0 Å². The maximum absolute atomic E-state index is 12.5. The van der Waals surface area contributed by atoms with Gasteiger partial charge in [-0.1, -0.05) is 18.2 Å². The van der Waals surface area contributed by atoms with Crippen molar-refractivity contribution in [1.29, 1.82) is 0 Å². The maximum atomic E-state index is 12.5. The molecule has 0 radical (unpaired) electrons. The van der Waals surface area contributed by atoms with Crippen LogP contribution < -0.4 is 9.64 Å². The first-order valence-corrected chi connectivity index (χ1v) is 7.51. The van der Waals surface area contributed by atoms with Crippen LogP contribution in [0.15, 0.2) is 65.4 Å². The molecule has 3 rings (SSSR count). The van der Waals surface area contributed by atoms with E-state index in [1.807, 2.05) is 30.3 Å². The van der Waals surface area contributed by atoms with Crippen LogP contribution in [0.1, 0.15) is 6.92 Å². The molecule has 0 saturated heterocycles. The second-order valence-corrected chi connectivity index (χ2v) is 5.26. The molecule has 122 valence electrons. The molecule has 1 unspecified atom stereocenters. The van der Waals surface area contributed by atoms with E-state index < -0.39 is 6.10 Å². The highest BCUT2D eigenvalue weighted by Gasteiger charge is 2.20. The van der Waals surface area contributed by atoms with Crippen molar-refractivity contribution < 1.29 is 13.9 Å². The SMILES string of the molecule is CC(Oc1ccc(-c2nnco2)cc1)C(=O)N(C)c1ccccc1. The summed E-state index contributed by atoms with van der Waals surface area (Å²) in [6.45, 7) is 1.73. The third kappa shape index (κ3) is 3.43. The van der Waals surface area contributed by atoms with Gasteiger partial charge >= 0.3 is 0 Å². The average Bonchev–Trinajstić information content (AvgIpc) is 3.16. The predicted octanol–water partition coefficient (Wildman–Crippen LogP) is 3.17. The molecule has 0 aliphatic heterocycles. The first kappa shape index (κ1) is 15.7. The van der Waals surface area contributed by atoms with Crippen molar-refractivity contribution >= 4 is 11.6 Å². The number of aromatic nitrogens is 2. The molecule has 0 bridgehead atoms. The Bertz CT molecular complexity index is 786. The normalized spacial score (nSPS) is 11.8. The molecule has 1 aromatic heterocycles. The van der Waals surface area contributed by atoms with Crippen LogP contribution >= 0.6 is 0 Å². The van der Waals surface area contributed by atoms with Gasteiger partial charge in [-0.15, -0.1) is 10.2 Å². The van der Waals surface area contributed by atoms with Crippen molar-refractivity contribution in [2.75, 3.05) is 11.9 Å². The van der Waals surface area contributed by atoms with Gasteiger partial charge in [0, 0.05) is 18.3 Å². The summed E-state index contributed by atoms with van der Waals surface area (Å²) < 4.78 is 10.9. The fourth-order valence-corrected chi connectivity index (χ4v) is 2.28. The molecule has 6 nitrogen and oxygen atoms in total. The number of rotatable bonds is 5. The van der Waals surface area contributed by atoms with Gasteiger partial charge < -0.3 is 14.1 Å². The largest absolute Gasteiger partial charge is 0.481 e. The second-order valence-electron chi connectivity index (χ2n) is 5.26. The first-order valence-electron chi connectivity index (χ1n) is 7.51. The number of nitrogens with zero attached hydrogens (tertiary/aromatic N) is 3. The number of ether oxygens (including phenoxy) is 1. The van der Waals surface area contributed by atoms with Gasteiger partial charge in [0.25, 0.3) is 5.91 Å². The molecule has 0 aliphatic carbocycles. The van der Waals surface area contributed by atoms with E-state index in [0.29, 0.717) is 11.6 Å². The fraction of sp³-hybridized carbons (Fsp3) is 0.167. The number of benzene rings is 2. The number of amides is 1. The van der Waals surface area contributed by atoms with E-state index in [1.54, 1.807) is 43.1 Å². The molecule has 0 fully saturated rings. The standard InChI is InChI=1S/C18H17N3O3/c1-13(18(22)21(2)15-6-4-3-5-7-15)24-16-10-8-14(9-11-16)17-20-19-12-23-17/h3-13H,1-2H3. The Morgan fingerprint density at radius 1 is 1.12 bits per heavy atom. The van der Waals surface area contributed by atoms with Crippen LogP contribution in [0.4, 0.5) is 5.69 Å². The first-order chi connectivity index (χ1) is 11.6. The number of anilines is 1. The Morgan fingerprint density at radius 3 is 2.46 bits per heavy atom. The van der Waals surface area contributed by atoms with E-state index in [1.165, 1.54) is 6.39 Å². The molecule has 0 N–H and O–H groups in total. The van der Waals surface area contributed by atoms with Crippen LogP contribution in [-0.2, 0) is 4.79 Å². The summed E-state index contributed by atoms with van der Waals surface area (Å²) in [5.41, 5.74) is 1.62. The summed E-state index contributed by atoms with van der Waals surface area (Å²) in [4.78, 5) is 14.0. The molecule has 2 aromatic carbocycles. The van der Waals surface area contributed by atoms with Gasteiger partial charge in [0.1, 0.15) is 5.75 Å². The zero-order valence-electron chi connectivity index (χ0n) is 13.4. The second kappa shape index (κ2) is 6.95. The number of hydrogen-bond acceptors (Lipinski definition) is 5. The van der Waals surface area contributed by atoms with E-state index in [2.05, 4.69) is 10.2 Å². The molecule has 0 saturated carbocycles. The van der Waals surface area contributed by atoms with Crippen LogP contribution in [0.2, 0.25) is 0 Å². The molecule has 0 aliphatic rings. The van der Waals surface area contributed by atoms with Crippen molar-refractivity contribution in [2.24, 2.45) is 0 Å². The zero-order chi connectivity index (χ0) is 16.9. The third-order valence-corrected chi connectivity index (χ3v) is 3.60. The highest BCUT2D eigenvalue weighted by molar-refractivity contribution is 5.96. The van der Waals surface area contributed by atoms with E-state index >= 15 is 0 Å². The number of likely N-dealkylation sites (N-methyl/N-ethyl adjacent to an activating group) is 1. The van der Waals surface area contributed by atoms with Crippen LogP contribution in [-0.4, -0.2) is 29.3 Å². The zero-order valence-corrected chi connectivity index (χ0v) is 13.4. The van der Waals surface area contributed by atoms with Crippen LogP contribution in [0, 0.1) is 0 Å².